The summed E-state index contributed by atoms with van der Waals surface area (Å²) in [7, 11) is 0. The smallest absolute Gasteiger partial charge is 0.317 e. The number of likely N-dealkylation sites (tertiary alicyclic amines) is 1. The van der Waals surface area contributed by atoms with Crippen LogP contribution in [0.5, 0.6) is 0 Å². The fourth-order valence-corrected chi connectivity index (χ4v) is 2.81. The molecular weight excluding hydrogens is 252 g/mol. The number of aliphatic carboxylic acids is 1. The van der Waals surface area contributed by atoms with E-state index in [0.29, 0.717) is 19.5 Å². The van der Waals surface area contributed by atoms with E-state index in [4.69, 9.17) is 5.11 Å². The number of thioether (sulfide) groups is 1. The molecule has 1 fully saturated rings. The van der Waals surface area contributed by atoms with Crippen LogP contribution in [0.15, 0.2) is 0 Å². The van der Waals surface area contributed by atoms with E-state index in [1.807, 2.05) is 13.2 Å². The summed E-state index contributed by atoms with van der Waals surface area (Å²) >= 11 is 1.70. The number of nitrogens with zero attached hydrogens (tertiary/aromatic N) is 1. The van der Waals surface area contributed by atoms with Gasteiger partial charge in [0.1, 0.15) is 0 Å². The average Bonchev–Trinajstić information content (AvgIpc) is 2.38. The number of piperidine rings is 1. The summed E-state index contributed by atoms with van der Waals surface area (Å²) in [6, 6.07) is 0.0413. The molecule has 0 spiro atoms. The average molecular weight is 274 g/mol. The summed E-state index contributed by atoms with van der Waals surface area (Å²) in [5.74, 6) is -0.327. The second kappa shape index (κ2) is 7.51. The van der Waals surface area contributed by atoms with Gasteiger partial charge in [-0.15, -0.1) is 0 Å². The van der Waals surface area contributed by atoms with E-state index in [-0.39, 0.29) is 12.1 Å². The van der Waals surface area contributed by atoms with Gasteiger partial charge in [0.25, 0.3) is 0 Å². The maximum absolute atomic E-state index is 12.0. The van der Waals surface area contributed by atoms with Gasteiger partial charge in [-0.2, -0.15) is 11.8 Å². The van der Waals surface area contributed by atoms with E-state index in [9.17, 15) is 9.59 Å². The first-order chi connectivity index (χ1) is 8.58. The molecule has 0 saturated carbocycles. The van der Waals surface area contributed by atoms with Crippen molar-refractivity contribution in [1.29, 1.82) is 0 Å². The van der Waals surface area contributed by atoms with Crippen molar-refractivity contribution in [1.82, 2.24) is 10.2 Å². The van der Waals surface area contributed by atoms with Crippen LogP contribution < -0.4 is 5.32 Å². The molecule has 2 atom stereocenters. The third-order valence-corrected chi connectivity index (χ3v) is 3.98. The van der Waals surface area contributed by atoms with Crippen LogP contribution in [0, 0.1) is 5.92 Å². The van der Waals surface area contributed by atoms with Crippen molar-refractivity contribution in [3.8, 4) is 0 Å². The van der Waals surface area contributed by atoms with Crippen LogP contribution in [-0.2, 0) is 4.79 Å². The van der Waals surface area contributed by atoms with Gasteiger partial charge in [0.05, 0.1) is 5.92 Å². The first-order valence-corrected chi connectivity index (χ1v) is 7.75. The Morgan fingerprint density at radius 1 is 1.56 bits per heavy atom. The van der Waals surface area contributed by atoms with Crippen molar-refractivity contribution in [2.24, 2.45) is 5.92 Å². The quantitative estimate of drug-likeness (QED) is 0.799. The fourth-order valence-electron chi connectivity index (χ4n) is 2.09. The molecule has 0 aromatic carbocycles. The third kappa shape index (κ3) is 4.40. The Hall–Kier alpha value is -0.910. The van der Waals surface area contributed by atoms with Gasteiger partial charge < -0.3 is 15.3 Å². The molecule has 0 aliphatic carbocycles. The Morgan fingerprint density at radius 3 is 2.83 bits per heavy atom. The van der Waals surface area contributed by atoms with Crippen molar-refractivity contribution < 1.29 is 14.7 Å². The lowest BCUT2D eigenvalue weighted by Gasteiger charge is -2.32. The lowest BCUT2D eigenvalue weighted by molar-refractivity contribution is -0.143. The molecule has 104 valence electrons. The number of carboxylic acids is 1. The third-order valence-electron chi connectivity index (χ3n) is 3.25. The first-order valence-electron chi connectivity index (χ1n) is 6.35. The zero-order valence-corrected chi connectivity index (χ0v) is 11.8. The fraction of sp³-hybridized carbons (Fsp3) is 0.833. The molecular formula is C12H22N2O3S. The van der Waals surface area contributed by atoms with Gasteiger partial charge in [-0.3, -0.25) is 4.79 Å². The SMILES string of the molecule is CCC(CSC)NC(=O)N1CCC[C@H](C(=O)O)C1. The predicted molar refractivity (Wildman–Crippen MR) is 72.9 cm³/mol. The van der Waals surface area contributed by atoms with E-state index in [2.05, 4.69) is 5.32 Å². The number of rotatable bonds is 5. The summed E-state index contributed by atoms with van der Waals surface area (Å²) in [5.41, 5.74) is 0. The molecule has 1 saturated heterocycles. The lowest BCUT2D eigenvalue weighted by atomic mass is 9.99. The number of carbonyl (C=O) groups is 2. The van der Waals surface area contributed by atoms with Gasteiger partial charge in [-0.25, -0.2) is 4.79 Å². The molecule has 18 heavy (non-hydrogen) atoms. The van der Waals surface area contributed by atoms with Gasteiger partial charge in [-0.05, 0) is 25.5 Å². The number of carboxylic acid groups (broad SMARTS) is 1. The number of amides is 2. The first kappa shape index (κ1) is 15.1. The van der Waals surface area contributed by atoms with Crippen LogP contribution in [0.25, 0.3) is 0 Å². The monoisotopic (exact) mass is 274 g/mol. The Balaban J connectivity index is 2.47. The number of urea groups is 1. The molecule has 0 bridgehead atoms. The number of hydrogen-bond acceptors (Lipinski definition) is 3. The zero-order valence-electron chi connectivity index (χ0n) is 11.0. The van der Waals surface area contributed by atoms with E-state index >= 15 is 0 Å². The Bertz CT molecular complexity index is 299. The Labute approximate surface area is 112 Å². The van der Waals surface area contributed by atoms with Gasteiger partial charge in [0.15, 0.2) is 0 Å². The zero-order chi connectivity index (χ0) is 13.5. The minimum atomic E-state index is -0.802. The maximum atomic E-state index is 12.0. The van der Waals surface area contributed by atoms with E-state index in [1.54, 1.807) is 16.7 Å². The minimum Gasteiger partial charge on any atom is -0.481 e. The molecule has 6 heteroatoms. The van der Waals surface area contributed by atoms with Crippen molar-refractivity contribution in [2.45, 2.75) is 32.2 Å². The molecule has 2 amide bonds. The van der Waals surface area contributed by atoms with Crippen molar-refractivity contribution >= 4 is 23.8 Å². The highest BCUT2D eigenvalue weighted by Gasteiger charge is 2.28. The number of hydrogen-bond donors (Lipinski definition) is 2. The van der Waals surface area contributed by atoms with Gasteiger partial charge in [0.2, 0.25) is 0 Å². The van der Waals surface area contributed by atoms with Crippen LogP contribution in [0.4, 0.5) is 4.79 Å². The van der Waals surface area contributed by atoms with Gasteiger partial charge >= 0.3 is 12.0 Å². The highest BCUT2D eigenvalue weighted by molar-refractivity contribution is 7.98. The molecule has 2 N–H and O–H groups in total. The van der Waals surface area contributed by atoms with E-state index in [1.165, 1.54) is 0 Å². The minimum absolute atomic E-state index is 0.123. The highest BCUT2D eigenvalue weighted by Crippen LogP contribution is 2.16. The second-order valence-electron chi connectivity index (χ2n) is 4.63. The Kier molecular flexibility index (Phi) is 6.32. The Morgan fingerprint density at radius 2 is 2.28 bits per heavy atom. The van der Waals surface area contributed by atoms with Gasteiger partial charge in [-0.1, -0.05) is 6.92 Å². The highest BCUT2D eigenvalue weighted by atomic mass is 32.2. The van der Waals surface area contributed by atoms with Crippen LogP contribution in [0.1, 0.15) is 26.2 Å². The topological polar surface area (TPSA) is 69.6 Å². The number of nitrogens with one attached hydrogen (secondary N) is 1. The molecule has 1 aliphatic heterocycles. The molecule has 0 aromatic rings. The molecule has 1 unspecified atom stereocenters. The van der Waals surface area contributed by atoms with Crippen LogP contribution >= 0.6 is 11.8 Å². The van der Waals surface area contributed by atoms with Crippen molar-refractivity contribution in [3.05, 3.63) is 0 Å². The van der Waals surface area contributed by atoms with Crippen LogP contribution in [-0.4, -0.2) is 53.1 Å². The standard InChI is InChI=1S/C12H22N2O3S/c1-3-10(8-18-2)13-12(17)14-6-4-5-9(7-14)11(15)16/h9-10H,3-8H2,1-2H3,(H,13,17)(H,15,16)/t9-,10?/m0/s1. The predicted octanol–water partition coefficient (Wildman–Crippen LogP) is 1.63. The van der Waals surface area contributed by atoms with Crippen LogP contribution in [0.2, 0.25) is 0 Å². The normalized spacial score (nSPS) is 21.4. The maximum Gasteiger partial charge on any atom is 0.317 e. The molecule has 0 radical (unpaired) electrons. The summed E-state index contributed by atoms with van der Waals surface area (Å²) in [6.45, 7) is 3.03. The molecule has 1 rings (SSSR count). The van der Waals surface area contributed by atoms with Crippen molar-refractivity contribution in [2.75, 3.05) is 25.1 Å². The molecule has 5 nitrogen and oxygen atoms in total. The largest absolute Gasteiger partial charge is 0.481 e. The van der Waals surface area contributed by atoms with E-state index in [0.717, 1.165) is 18.6 Å². The van der Waals surface area contributed by atoms with E-state index < -0.39 is 11.9 Å². The summed E-state index contributed by atoms with van der Waals surface area (Å²) < 4.78 is 0. The van der Waals surface area contributed by atoms with Crippen molar-refractivity contribution in [3.63, 3.8) is 0 Å². The lowest BCUT2D eigenvalue weighted by Crippen LogP contribution is -2.50. The second-order valence-corrected chi connectivity index (χ2v) is 5.54. The molecule has 1 heterocycles. The van der Waals surface area contributed by atoms with Gasteiger partial charge in [0, 0.05) is 24.9 Å². The summed E-state index contributed by atoms with van der Waals surface area (Å²) in [4.78, 5) is 24.6. The summed E-state index contributed by atoms with van der Waals surface area (Å²) in [6.07, 6.45) is 4.34. The molecule has 1 aliphatic rings. The molecule has 0 aromatic heterocycles. The van der Waals surface area contributed by atoms with Crippen LogP contribution in [0.3, 0.4) is 0 Å². The number of carbonyl (C=O) groups excluding carboxylic acids is 1. The summed E-state index contributed by atoms with van der Waals surface area (Å²) in [5, 5.41) is 12.0.